The number of hydrogen-bond acceptors (Lipinski definition) is 10. The number of nitriles is 2. The monoisotopic (exact) mass is 898 g/mol. The fraction of sp³-hybridized carbons (Fsp3) is 0.0968. The summed E-state index contributed by atoms with van der Waals surface area (Å²) in [4.78, 5) is 35.5. The normalized spacial score (nSPS) is 13.4. The summed E-state index contributed by atoms with van der Waals surface area (Å²) in [5.41, 5.74) is 3.57. The number of aliphatic carboxylic acids is 1. The van der Waals surface area contributed by atoms with Crippen molar-refractivity contribution in [2.24, 2.45) is 4.99 Å². The van der Waals surface area contributed by atoms with Gasteiger partial charge in [-0.05, 0) is 56.1 Å². The van der Waals surface area contributed by atoms with E-state index in [9.17, 15) is 20.1 Å². The number of methoxy groups -OCH3 is 1. The van der Waals surface area contributed by atoms with E-state index < -0.39 is 18.0 Å². The second kappa shape index (κ2) is 15.6. The number of aromatic nitrogens is 2. The quantitative estimate of drug-likeness (QED) is 0.142. The van der Waals surface area contributed by atoms with E-state index in [-0.39, 0.29) is 12.2 Å². The number of carboxylic acid groups (broad SMARTS) is 1. The van der Waals surface area contributed by atoms with Crippen LogP contribution < -0.4 is 5.32 Å². The highest BCUT2D eigenvalue weighted by molar-refractivity contribution is 9.11. The van der Waals surface area contributed by atoms with Gasteiger partial charge < -0.3 is 20.1 Å². The number of carboxylic acids is 1. The minimum Gasteiger partial charge on any atom is -0.480 e. The van der Waals surface area contributed by atoms with Gasteiger partial charge >= 0.3 is 11.9 Å². The summed E-state index contributed by atoms with van der Waals surface area (Å²) in [6, 6.07) is 13.6. The van der Waals surface area contributed by atoms with Gasteiger partial charge in [-0.25, -0.2) is 14.6 Å². The molecule has 5 aromatic rings. The van der Waals surface area contributed by atoms with E-state index in [1.165, 1.54) is 36.0 Å². The first kappa shape index (κ1) is 36.8. The standard InChI is InChI=1S/C16H8BrCl2N3O2S.C15H8BrCl2N3O2S/c1-24-16(23)11-6-21-15(22-11)13-12(9(5-20)14(17)25-13)8-3-2-7(18)4-10(8)19;16-13-8(4-19)11(7-2-1-6(17)3-9(7)18)12(24-13)14-20-5-10(21-14)15(22)23/h2-4,6H,1H3,(H,21,22);1-3,10H,5H2,(H,20,21)(H,22,23). The fourth-order valence-electron chi connectivity index (χ4n) is 4.60. The first-order valence-electron chi connectivity index (χ1n) is 13.4. The van der Waals surface area contributed by atoms with Crippen molar-refractivity contribution in [3.8, 4) is 45.1 Å². The second-order valence-electron chi connectivity index (χ2n) is 9.74. The van der Waals surface area contributed by atoms with Gasteiger partial charge in [-0.3, -0.25) is 4.99 Å². The first-order valence-corrected chi connectivity index (χ1v) is 18.1. The number of benzene rings is 2. The Balaban J connectivity index is 0.000000191. The highest BCUT2D eigenvalue weighted by Gasteiger charge is 2.30. The SMILES string of the molecule is COC(=O)c1cnc(-c2sc(Br)c(C#N)c2-c2ccc(Cl)cc2Cl)[nH]1.N#Cc1c(Br)sc(C2=NCC(C(=O)O)N2)c1-c1ccc(Cl)cc1Cl. The molecule has 6 rings (SSSR count). The zero-order valence-electron chi connectivity index (χ0n) is 24.4. The number of amidine groups is 1. The van der Waals surface area contributed by atoms with E-state index in [0.717, 1.165) is 0 Å². The minimum absolute atomic E-state index is 0.135. The molecule has 0 saturated heterocycles. The van der Waals surface area contributed by atoms with Crippen molar-refractivity contribution < 1.29 is 19.4 Å². The van der Waals surface area contributed by atoms with Gasteiger partial charge in [0, 0.05) is 42.3 Å². The minimum atomic E-state index is -0.976. The summed E-state index contributed by atoms with van der Waals surface area (Å²) in [5.74, 6) is -0.624. The lowest BCUT2D eigenvalue weighted by Crippen LogP contribution is -2.37. The van der Waals surface area contributed by atoms with Crippen LogP contribution in [0, 0.1) is 22.7 Å². The average Bonchev–Trinajstić information content (AvgIpc) is 3.86. The number of H-pyrrole nitrogens is 1. The van der Waals surface area contributed by atoms with Gasteiger partial charge in [0.15, 0.2) is 0 Å². The highest BCUT2D eigenvalue weighted by Crippen LogP contribution is 2.47. The van der Waals surface area contributed by atoms with Crippen molar-refractivity contribution in [3.63, 3.8) is 0 Å². The van der Waals surface area contributed by atoms with Crippen LogP contribution in [0.5, 0.6) is 0 Å². The lowest BCUT2D eigenvalue weighted by atomic mass is 10.0. The number of esters is 1. The Bertz CT molecular complexity index is 2260. The number of aromatic amines is 1. The third-order valence-electron chi connectivity index (χ3n) is 6.81. The molecule has 18 heteroatoms. The van der Waals surface area contributed by atoms with Crippen LogP contribution in [0.25, 0.3) is 33.0 Å². The van der Waals surface area contributed by atoms with Crippen LogP contribution in [-0.4, -0.2) is 52.5 Å². The second-order valence-corrected chi connectivity index (χ2v) is 16.1. The van der Waals surface area contributed by atoms with Crippen molar-refractivity contribution in [3.05, 3.63) is 92.0 Å². The molecule has 1 aliphatic rings. The van der Waals surface area contributed by atoms with E-state index >= 15 is 0 Å². The zero-order valence-corrected chi connectivity index (χ0v) is 32.2. The number of hydrogen-bond donors (Lipinski definition) is 3. The molecule has 10 nitrogen and oxygen atoms in total. The Morgan fingerprint density at radius 1 is 0.939 bits per heavy atom. The van der Waals surface area contributed by atoms with Crippen LogP contribution in [0.3, 0.4) is 0 Å². The first-order chi connectivity index (χ1) is 23.4. The molecule has 0 amide bonds. The Hall–Kier alpha value is -3.44. The van der Waals surface area contributed by atoms with E-state index in [0.29, 0.717) is 82.5 Å². The molecule has 0 radical (unpaired) electrons. The number of carbonyl (C=O) groups excluding carboxylic acids is 1. The maximum Gasteiger partial charge on any atom is 0.356 e. The molecule has 0 bridgehead atoms. The number of nitrogens with one attached hydrogen (secondary N) is 2. The van der Waals surface area contributed by atoms with E-state index in [1.54, 1.807) is 36.4 Å². The summed E-state index contributed by atoms with van der Waals surface area (Å²) in [6.07, 6.45) is 1.38. The van der Waals surface area contributed by atoms with Gasteiger partial charge in [0.05, 0.1) is 48.3 Å². The van der Waals surface area contributed by atoms with Crippen LogP contribution in [0.15, 0.2) is 55.2 Å². The number of carbonyl (C=O) groups is 2. The van der Waals surface area contributed by atoms with Gasteiger partial charge in [-0.15, -0.1) is 22.7 Å². The van der Waals surface area contributed by atoms with E-state index in [2.05, 4.69) is 69.0 Å². The molecule has 49 heavy (non-hydrogen) atoms. The Morgan fingerprint density at radius 2 is 1.47 bits per heavy atom. The molecular formula is C31H16Br2Cl4N6O4S2. The Morgan fingerprint density at radius 3 is 1.94 bits per heavy atom. The molecule has 0 spiro atoms. The van der Waals surface area contributed by atoms with Crippen LogP contribution in [-0.2, 0) is 9.53 Å². The number of halogens is 6. The molecule has 1 atom stereocenters. The van der Waals surface area contributed by atoms with E-state index in [1.807, 2.05) is 0 Å². The number of aliphatic imine (C=N–C) groups is 1. The average molecular weight is 902 g/mol. The van der Waals surface area contributed by atoms with Gasteiger partial charge in [-0.1, -0.05) is 58.5 Å². The van der Waals surface area contributed by atoms with Gasteiger partial charge in [-0.2, -0.15) is 10.5 Å². The lowest BCUT2D eigenvalue weighted by molar-refractivity contribution is -0.138. The van der Waals surface area contributed by atoms with Crippen LogP contribution in [0.2, 0.25) is 20.1 Å². The highest BCUT2D eigenvalue weighted by atomic mass is 79.9. The zero-order chi connectivity index (χ0) is 35.6. The summed E-state index contributed by atoms with van der Waals surface area (Å²) in [7, 11) is 1.29. The molecular weight excluding hydrogens is 886 g/mol. The molecule has 248 valence electrons. The molecule has 3 N–H and O–H groups in total. The molecule has 0 fully saturated rings. The lowest BCUT2D eigenvalue weighted by Gasteiger charge is -2.10. The fourth-order valence-corrected chi connectivity index (χ4v) is 9.06. The molecule has 0 aliphatic carbocycles. The van der Waals surface area contributed by atoms with Crippen LogP contribution >= 0.6 is 101 Å². The molecule has 1 unspecified atom stereocenters. The maximum absolute atomic E-state index is 11.6. The Kier molecular flexibility index (Phi) is 11.7. The molecule has 4 heterocycles. The number of nitrogens with zero attached hydrogens (tertiary/aromatic N) is 4. The number of thiophene rings is 2. The van der Waals surface area contributed by atoms with Gasteiger partial charge in [0.25, 0.3) is 0 Å². The van der Waals surface area contributed by atoms with E-state index in [4.69, 9.17) is 51.5 Å². The molecule has 2 aromatic carbocycles. The largest absolute Gasteiger partial charge is 0.480 e. The molecule has 1 aliphatic heterocycles. The topological polar surface area (TPSA) is 164 Å². The summed E-state index contributed by atoms with van der Waals surface area (Å²) in [6.45, 7) is 0.135. The Labute approximate surface area is 323 Å². The smallest absolute Gasteiger partial charge is 0.356 e. The third kappa shape index (κ3) is 7.67. The number of rotatable bonds is 6. The maximum atomic E-state index is 11.6. The van der Waals surface area contributed by atoms with Crippen molar-refractivity contribution in [1.29, 1.82) is 10.5 Å². The van der Waals surface area contributed by atoms with Gasteiger partial charge in [0.2, 0.25) is 0 Å². The number of ether oxygens (including phenoxy) is 1. The predicted octanol–water partition coefficient (Wildman–Crippen LogP) is 9.69. The van der Waals surface area contributed by atoms with Crippen LogP contribution in [0.4, 0.5) is 0 Å². The third-order valence-corrected chi connectivity index (χ3v) is 11.6. The van der Waals surface area contributed by atoms with Crippen molar-refractivity contribution in [2.45, 2.75) is 6.04 Å². The van der Waals surface area contributed by atoms with Gasteiger partial charge in [0.1, 0.15) is 35.5 Å². The molecule has 3 aromatic heterocycles. The predicted molar refractivity (Wildman–Crippen MR) is 199 cm³/mol. The summed E-state index contributed by atoms with van der Waals surface area (Å²) < 4.78 is 5.95. The summed E-state index contributed by atoms with van der Waals surface area (Å²) in [5, 5.41) is 32.8. The van der Waals surface area contributed by atoms with Crippen molar-refractivity contribution in [1.82, 2.24) is 15.3 Å². The van der Waals surface area contributed by atoms with Crippen molar-refractivity contribution >= 4 is 119 Å². The van der Waals surface area contributed by atoms with Crippen molar-refractivity contribution in [2.75, 3.05) is 13.7 Å². The summed E-state index contributed by atoms with van der Waals surface area (Å²) >= 11 is 34.0. The van der Waals surface area contributed by atoms with Crippen LogP contribution in [0.1, 0.15) is 26.5 Å². The molecule has 0 saturated carbocycles. The number of imidazole rings is 1.